The Morgan fingerprint density at radius 3 is 3.21 bits per heavy atom. The van der Waals surface area contributed by atoms with E-state index in [-0.39, 0.29) is 18.4 Å². The highest BCUT2D eigenvalue weighted by atomic mass is 16.5. The first-order valence-corrected chi connectivity index (χ1v) is 6.40. The molecule has 1 amide bonds. The van der Waals surface area contributed by atoms with Crippen LogP contribution >= 0.6 is 0 Å². The van der Waals surface area contributed by atoms with E-state index in [9.17, 15) is 4.79 Å². The average molecular weight is 258 g/mol. The number of carbonyl (C=O) groups is 1. The van der Waals surface area contributed by atoms with E-state index in [1.54, 1.807) is 6.20 Å². The van der Waals surface area contributed by atoms with Gasteiger partial charge in [-0.2, -0.15) is 5.26 Å². The van der Waals surface area contributed by atoms with Crippen molar-refractivity contribution < 1.29 is 9.53 Å². The zero-order valence-electron chi connectivity index (χ0n) is 10.5. The molecule has 2 aliphatic rings. The summed E-state index contributed by atoms with van der Waals surface area (Å²) < 4.78 is 5.44. The van der Waals surface area contributed by atoms with Crippen LogP contribution < -0.4 is 4.90 Å². The molecule has 2 aliphatic heterocycles. The molecular weight excluding hydrogens is 244 g/mol. The highest BCUT2D eigenvalue weighted by Crippen LogP contribution is 2.29. The summed E-state index contributed by atoms with van der Waals surface area (Å²) in [5, 5.41) is 8.78. The summed E-state index contributed by atoms with van der Waals surface area (Å²) in [5.74, 6) is 1.43. The number of ether oxygens (including phenoxy) is 1. The molecule has 0 radical (unpaired) electrons. The number of carbonyl (C=O) groups excluding carboxylic acids is 1. The molecule has 1 aromatic heterocycles. The molecule has 0 N–H and O–H groups in total. The van der Waals surface area contributed by atoms with E-state index < -0.39 is 0 Å². The summed E-state index contributed by atoms with van der Waals surface area (Å²) in [6.45, 7) is 1.47. The van der Waals surface area contributed by atoms with Crippen molar-refractivity contribution in [2.75, 3.05) is 24.7 Å². The summed E-state index contributed by atoms with van der Waals surface area (Å²) in [6.07, 6.45) is 4.01. The Morgan fingerprint density at radius 2 is 2.47 bits per heavy atom. The molecule has 1 aromatic rings. The average Bonchev–Trinajstić information content (AvgIpc) is 2.76. The lowest BCUT2D eigenvalue weighted by Crippen LogP contribution is -2.28. The van der Waals surface area contributed by atoms with Crippen LogP contribution in [0.3, 0.4) is 0 Å². The van der Waals surface area contributed by atoms with E-state index in [2.05, 4.69) is 9.97 Å². The summed E-state index contributed by atoms with van der Waals surface area (Å²) in [5.41, 5.74) is 0.806. The number of hydrogen-bond donors (Lipinski definition) is 0. The van der Waals surface area contributed by atoms with Gasteiger partial charge < -0.3 is 4.74 Å². The van der Waals surface area contributed by atoms with Crippen LogP contribution in [0.15, 0.2) is 6.20 Å². The van der Waals surface area contributed by atoms with Gasteiger partial charge in [0, 0.05) is 24.3 Å². The fraction of sp³-hybridized carbons (Fsp3) is 0.538. The van der Waals surface area contributed by atoms with Gasteiger partial charge >= 0.3 is 0 Å². The molecule has 1 fully saturated rings. The molecule has 6 heteroatoms. The van der Waals surface area contributed by atoms with Gasteiger partial charge in [0.15, 0.2) is 0 Å². The number of anilines is 1. The zero-order chi connectivity index (χ0) is 13.2. The first kappa shape index (κ1) is 12.1. The Balaban J connectivity index is 1.90. The minimum atomic E-state index is -0.0807. The van der Waals surface area contributed by atoms with Gasteiger partial charge in [0.1, 0.15) is 18.2 Å². The third-order valence-electron chi connectivity index (χ3n) is 3.51. The smallest absolute Gasteiger partial charge is 0.233 e. The number of fused-ring (bicyclic) bond motifs is 1. The molecule has 1 saturated heterocycles. The third kappa shape index (κ3) is 2.17. The molecule has 1 atom stereocenters. The number of nitriles is 1. The molecule has 3 rings (SSSR count). The topological polar surface area (TPSA) is 79.1 Å². The maximum atomic E-state index is 11.8. The van der Waals surface area contributed by atoms with Crippen LogP contribution in [-0.2, 0) is 16.0 Å². The maximum absolute atomic E-state index is 11.8. The summed E-state index contributed by atoms with van der Waals surface area (Å²) in [6, 6.07) is 2.00. The minimum Gasteiger partial charge on any atom is -0.381 e. The monoisotopic (exact) mass is 258 g/mol. The second-order valence-electron chi connectivity index (χ2n) is 4.81. The number of rotatable bonds is 2. The van der Waals surface area contributed by atoms with E-state index in [0.717, 1.165) is 30.8 Å². The van der Waals surface area contributed by atoms with Crippen molar-refractivity contribution in [3.05, 3.63) is 17.6 Å². The van der Waals surface area contributed by atoms with Crippen molar-refractivity contribution in [1.82, 2.24) is 9.97 Å². The molecule has 1 unspecified atom stereocenters. The van der Waals surface area contributed by atoms with Crippen LogP contribution in [0.1, 0.15) is 30.1 Å². The maximum Gasteiger partial charge on any atom is 0.233 e. The van der Waals surface area contributed by atoms with Gasteiger partial charge in [-0.1, -0.05) is 0 Å². The Hall–Kier alpha value is -2.00. The lowest BCUT2D eigenvalue weighted by Gasteiger charge is -2.21. The van der Waals surface area contributed by atoms with Crippen LogP contribution in [0.4, 0.5) is 5.82 Å². The molecule has 0 saturated carbocycles. The standard InChI is InChI=1S/C13H14N4O2/c14-3-4-17-11(18)6-10-7-15-12(16-13(10)17)9-2-1-5-19-8-9/h7,9H,1-2,4-6,8H2. The minimum absolute atomic E-state index is 0.0451. The van der Waals surface area contributed by atoms with Crippen molar-refractivity contribution in [2.24, 2.45) is 0 Å². The summed E-state index contributed by atoms with van der Waals surface area (Å²) in [7, 11) is 0. The van der Waals surface area contributed by atoms with Gasteiger partial charge in [0.25, 0.3) is 0 Å². The van der Waals surface area contributed by atoms with Crippen LogP contribution in [0.5, 0.6) is 0 Å². The SMILES string of the molecule is N#CCN1C(=O)Cc2cnc(C3CCCOC3)nc21. The van der Waals surface area contributed by atoms with E-state index in [1.165, 1.54) is 4.90 Å². The molecular formula is C13H14N4O2. The Morgan fingerprint density at radius 1 is 1.58 bits per heavy atom. The summed E-state index contributed by atoms with van der Waals surface area (Å²) in [4.78, 5) is 22.1. The lowest BCUT2D eigenvalue weighted by atomic mass is 10.0. The molecule has 3 heterocycles. The molecule has 0 aromatic carbocycles. The van der Waals surface area contributed by atoms with Gasteiger partial charge in [0.2, 0.25) is 5.91 Å². The third-order valence-corrected chi connectivity index (χ3v) is 3.51. The summed E-state index contributed by atoms with van der Waals surface area (Å²) >= 11 is 0. The van der Waals surface area contributed by atoms with Gasteiger partial charge in [-0.15, -0.1) is 0 Å². The van der Waals surface area contributed by atoms with Crippen LogP contribution in [-0.4, -0.2) is 35.6 Å². The highest BCUT2D eigenvalue weighted by molar-refractivity contribution is 6.00. The normalized spacial score (nSPS) is 22.2. The number of hydrogen-bond acceptors (Lipinski definition) is 5. The predicted molar refractivity (Wildman–Crippen MR) is 66.5 cm³/mol. The van der Waals surface area contributed by atoms with Crippen molar-refractivity contribution >= 4 is 11.7 Å². The fourth-order valence-electron chi connectivity index (χ4n) is 2.52. The second kappa shape index (κ2) is 4.94. The molecule has 0 bridgehead atoms. The van der Waals surface area contributed by atoms with Crippen molar-refractivity contribution in [3.8, 4) is 6.07 Å². The van der Waals surface area contributed by atoms with Crippen molar-refractivity contribution in [1.29, 1.82) is 5.26 Å². The number of nitrogens with zero attached hydrogens (tertiary/aromatic N) is 4. The second-order valence-corrected chi connectivity index (χ2v) is 4.81. The van der Waals surface area contributed by atoms with Gasteiger partial charge in [-0.05, 0) is 12.8 Å². The Labute approximate surface area is 111 Å². The first-order chi connectivity index (χ1) is 9.29. The lowest BCUT2D eigenvalue weighted by molar-refractivity contribution is -0.117. The molecule has 19 heavy (non-hydrogen) atoms. The Bertz CT molecular complexity index is 546. The quantitative estimate of drug-likeness (QED) is 0.732. The van der Waals surface area contributed by atoms with Crippen LogP contribution in [0.2, 0.25) is 0 Å². The molecule has 0 aliphatic carbocycles. The van der Waals surface area contributed by atoms with Crippen molar-refractivity contribution in [3.63, 3.8) is 0 Å². The zero-order valence-corrected chi connectivity index (χ0v) is 10.5. The molecule has 0 spiro atoms. The molecule has 98 valence electrons. The fourth-order valence-corrected chi connectivity index (χ4v) is 2.52. The predicted octanol–water partition coefficient (Wildman–Crippen LogP) is 0.783. The highest BCUT2D eigenvalue weighted by Gasteiger charge is 2.30. The number of aromatic nitrogens is 2. The van der Waals surface area contributed by atoms with Gasteiger partial charge in [-0.25, -0.2) is 9.97 Å². The van der Waals surface area contributed by atoms with Crippen LogP contribution in [0.25, 0.3) is 0 Å². The largest absolute Gasteiger partial charge is 0.381 e. The van der Waals surface area contributed by atoms with Crippen LogP contribution in [0, 0.1) is 11.3 Å². The van der Waals surface area contributed by atoms with E-state index in [4.69, 9.17) is 10.00 Å². The van der Waals surface area contributed by atoms with E-state index in [1.807, 2.05) is 6.07 Å². The van der Waals surface area contributed by atoms with Gasteiger partial charge in [0.05, 0.1) is 19.1 Å². The molecule has 6 nitrogen and oxygen atoms in total. The van der Waals surface area contributed by atoms with Crippen molar-refractivity contribution in [2.45, 2.75) is 25.2 Å². The number of amides is 1. The first-order valence-electron chi connectivity index (χ1n) is 6.40. The van der Waals surface area contributed by atoms with Gasteiger partial charge in [-0.3, -0.25) is 9.69 Å². The Kier molecular flexibility index (Phi) is 3.13. The van der Waals surface area contributed by atoms with E-state index >= 15 is 0 Å². The van der Waals surface area contributed by atoms with E-state index in [0.29, 0.717) is 18.8 Å².